The highest BCUT2D eigenvalue weighted by Crippen LogP contribution is 2.33. The number of carbonyl (C=O) groups is 2. The lowest BCUT2D eigenvalue weighted by atomic mass is 9.96. The highest BCUT2D eigenvalue weighted by atomic mass is 16.5. The van der Waals surface area contributed by atoms with Gasteiger partial charge in [0.05, 0.1) is 31.0 Å². The maximum absolute atomic E-state index is 12.7. The Morgan fingerprint density at radius 3 is 2.65 bits per heavy atom. The molecule has 2 heterocycles. The summed E-state index contributed by atoms with van der Waals surface area (Å²) < 4.78 is 5.16. The monoisotopic (exact) mass is 315 g/mol. The maximum Gasteiger partial charge on any atom is 0.319 e. The van der Waals surface area contributed by atoms with Crippen molar-refractivity contribution in [3.8, 4) is 5.75 Å². The molecule has 1 aromatic rings. The van der Waals surface area contributed by atoms with E-state index in [1.54, 1.807) is 12.0 Å². The van der Waals surface area contributed by atoms with E-state index in [1.807, 2.05) is 24.3 Å². The molecule has 2 aliphatic rings. The van der Waals surface area contributed by atoms with E-state index < -0.39 is 6.04 Å². The highest BCUT2D eigenvalue weighted by molar-refractivity contribution is 6.01. The van der Waals surface area contributed by atoms with Crippen LogP contribution >= 0.6 is 0 Å². The zero-order valence-electron chi connectivity index (χ0n) is 13.4. The Bertz CT molecular complexity index is 652. The number of benzene rings is 1. The van der Waals surface area contributed by atoms with Crippen LogP contribution in [0, 0.1) is 0 Å². The number of nitrogens with one attached hydrogen (secondary N) is 2. The molecule has 1 atom stereocenters. The third-order valence-electron chi connectivity index (χ3n) is 4.25. The fourth-order valence-corrected chi connectivity index (χ4v) is 3.00. The van der Waals surface area contributed by atoms with Crippen molar-refractivity contribution in [1.82, 2.24) is 15.5 Å². The van der Waals surface area contributed by atoms with Gasteiger partial charge in [-0.15, -0.1) is 0 Å². The highest BCUT2D eigenvalue weighted by Gasteiger charge is 2.39. The van der Waals surface area contributed by atoms with Crippen molar-refractivity contribution in [2.24, 2.45) is 0 Å². The molecule has 3 amide bonds. The van der Waals surface area contributed by atoms with E-state index in [1.165, 1.54) is 0 Å². The third kappa shape index (κ3) is 2.88. The lowest BCUT2D eigenvalue weighted by Gasteiger charge is -2.25. The van der Waals surface area contributed by atoms with Gasteiger partial charge in [-0.2, -0.15) is 0 Å². The number of hydrogen-bond acceptors (Lipinski definition) is 3. The van der Waals surface area contributed by atoms with Crippen molar-refractivity contribution in [2.45, 2.75) is 25.8 Å². The molecule has 0 bridgehead atoms. The Morgan fingerprint density at radius 1 is 1.26 bits per heavy atom. The van der Waals surface area contributed by atoms with E-state index in [9.17, 15) is 9.59 Å². The average molecular weight is 315 g/mol. The number of carbonyl (C=O) groups excluding carboxylic acids is 2. The van der Waals surface area contributed by atoms with Crippen molar-refractivity contribution in [2.75, 3.05) is 20.2 Å². The predicted molar refractivity (Wildman–Crippen MR) is 85.9 cm³/mol. The van der Waals surface area contributed by atoms with Gasteiger partial charge >= 0.3 is 6.03 Å². The van der Waals surface area contributed by atoms with Crippen LogP contribution in [0.1, 0.15) is 31.4 Å². The second-order valence-electron chi connectivity index (χ2n) is 5.78. The minimum atomic E-state index is -0.413. The molecule has 0 spiro atoms. The van der Waals surface area contributed by atoms with Crippen LogP contribution < -0.4 is 15.4 Å². The Kier molecular flexibility index (Phi) is 4.23. The van der Waals surface area contributed by atoms with Gasteiger partial charge in [-0.1, -0.05) is 25.5 Å². The Hall–Kier alpha value is -2.50. The average Bonchev–Trinajstić information content (AvgIpc) is 2.88. The lowest BCUT2D eigenvalue weighted by molar-refractivity contribution is -0.125. The summed E-state index contributed by atoms with van der Waals surface area (Å²) in [5, 5.41) is 5.63. The normalized spacial score (nSPS) is 20.3. The summed E-state index contributed by atoms with van der Waals surface area (Å²) in [7, 11) is 1.61. The summed E-state index contributed by atoms with van der Waals surface area (Å²) in [4.78, 5) is 26.4. The smallest absolute Gasteiger partial charge is 0.319 e. The molecule has 0 saturated heterocycles. The minimum Gasteiger partial charge on any atom is -0.497 e. The number of rotatable bonds is 5. The second kappa shape index (κ2) is 6.32. The zero-order chi connectivity index (χ0) is 16.4. The molecule has 0 fully saturated rings. The van der Waals surface area contributed by atoms with Crippen LogP contribution in [-0.2, 0) is 4.79 Å². The van der Waals surface area contributed by atoms with Gasteiger partial charge in [0.2, 0.25) is 0 Å². The molecular formula is C17H21N3O3. The molecular weight excluding hydrogens is 294 g/mol. The van der Waals surface area contributed by atoms with Gasteiger partial charge in [-0.25, -0.2) is 4.79 Å². The van der Waals surface area contributed by atoms with Gasteiger partial charge in [0, 0.05) is 6.54 Å². The van der Waals surface area contributed by atoms with Gasteiger partial charge < -0.3 is 20.3 Å². The van der Waals surface area contributed by atoms with E-state index in [-0.39, 0.29) is 11.9 Å². The quantitative estimate of drug-likeness (QED) is 0.872. The van der Waals surface area contributed by atoms with Crippen LogP contribution in [-0.4, -0.2) is 37.0 Å². The van der Waals surface area contributed by atoms with Gasteiger partial charge in [0.15, 0.2) is 0 Å². The molecule has 3 rings (SSSR count). The molecule has 2 N–H and O–H groups in total. The summed E-state index contributed by atoms with van der Waals surface area (Å²) in [6.45, 7) is 3.29. The number of methoxy groups -OCH3 is 1. The number of nitrogens with zero attached hydrogens (tertiary/aromatic N) is 1. The fourth-order valence-electron chi connectivity index (χ4n) is 3.00. The maximum atomic E-state index is 12.7. The van der Waals surface area contributed by atoms with E-state index >= 15 is 0 Å². The first-order chi connectivity index (χ1) is 11.1. The van der Waals surface area contributed by atoms with Gasteiger partial charge in [0.1, 0.15) is 5.75 Å². The number of unbranched alkanes of at least 4 members (excludes halogenated alkanes) is 1. The standard InChI is InChI=1S/C17H21N3O3/c1-3-4-9-20-10-13-14(16(20)21)15(19-17(22)18-13)11-5-7-12(23-2)8-6-11/h5-8,15H,3-4,9-10H2,1-2H3,(H2,18,19,22). The molecule has 0 aromatic heterocycles. The second-order valence-corrected chi connectivity index (χ2v) is 5.78. The number of urea groups is 1. The van der Waals surface area contributed by atoms with Crippen molar-refractivity contribution >= 4 is 11.9 Å². The third-order valence-corrected chi connectivity index (χ3v) is 4.25. The molecule has 23 heavy (non-hydrogen) atoms. The summed E-state index contributed by atoms with van der Waals surface area (Å²) in [5.74, 6) is 0.743. The van der Waals surface area contributed by atoms with Crippen LogP contribution in [0.4, 0.5) is 4.79 Å². The minimum absolute atomic E-state index is 0.00164. The Morgan fingerprint density at radius 2 is 2.00 bits per heavy atom. The van der Waals surface area contributed by atoms with Crippen LogP contribution in [0.2, 0.25) is 0 Å². The summed E-state index contributed by atoms with van der Waals surface area (Å²) in [6.07, 6.45) is 1.99. The topological polar surface area (TPSA) is 70.7 Å². The zero-order valence-corrected chi connectivity index (χ0v) is 13.4. The molecule has 0 radical (unpaired) electrons. The van der Waals surface area contributed by atoms with Crippen LogP contribution in [0.15, 0.2) is 35.5 Å². The summed E-state index contributed by atoms with van der Waals surface area (Å²) in [6, 6.07) is 6.73. The van der Waals surface area contributed by atoms with Gasteiger partial charge in [-0.3, -0.25) is 4.79 Å². The predicted octanol–water partition coefficient (Wildman–Crippen LogP) is 1.95. The lowest BCUT2D eigenvalue weighted by Crippen LogP contribution is -2.44. The summed E-state index contributed by atoms with van der Waals surface area (Å²) in [5.41, 5.74) is 2.24. The van der Waals surface area contributed by atoms with E-state index in [2.05, 4.69) is 17.6 Å². The largest absolute Gasteiger partial charge is 0.497 e. The van der Waals surface area contributed by atoms with Crippen molar-refractivity contribution in [3.05, 3.63) is 41.1 Å². The molecule has 6 heteroatoms. The first-order valence-corrected chi connectivity index (χ1v) is 7.87. The molecule has 6 nitrogen and oxygen atoms in total. The molecule has 122 valence electrons. The molecule has 2 aliphatic heterocycles. The number of amides is 3. The first-order valence-electron chi connectivity index (χ1n) is 7.87. The van der Waals surface area contributed by atoms with Gasteiger partial charge in [-0.05, 0) is 24.1 Å². The first kappa shape index (κ1) is 15.4. The van der Waals surface area contributed by atoms with Crippen LogP contribution in [0.3, 0.4) is 0 Å². The van der Waals surface area contributed by atoms with Crippen molar-refractivity contribution in [1.29, 1.82) is 0 Å². The number of hydrogen-bond donors (Lipinski definition) is 2. The van der Waals surface area contributed by atoms with E-state index in [0.717, 1.165) is 29.9 Å². The molecule has 1 unspecified atom stereocenters. The van der Waals surface area contributed by atoms with E-state index in [4.69, 9.17) is 4.74 Å². The van der Waals surface area contributed by atoms with Crippen molar-refractivity contribution < 1.29 is 14.3 Å². The summed E-state index contributed by atoms with van der Waals surface area (Å²) >= 11 is 0. The van der Waals surface area contributed by atoms with Crippen LogP contribution in [0.5, 0.6) is 5.75 Å². The number of ether oxygens (including phenoxy) is 1. The van der Waals surface area contributed by atoms with Gasteiger partial charge in [0.25, 0.3) is 5.91 Å². The Balaban J connectivity index is 1.89. The van der Waals surface area contributed by atoms with E-state index in [0.29, 0.717) is 18.7 Å². The Labute approximate surface area is 135 Å². The molecule has 1 aromatic carbocycles. The van der Waals surface area contributed by atoms with Crippen molar-refractivity contribution in [3.63, 3.8) is 0 Å². The van der Waals surface area contributed by atoms with Crippen LogP contribution in [0.25, 0.3) is 0 Å². The molecule has 0 aliphatic carbocycles. The fraction of sp³-hybridized carbons (Fsp3) is 0.412. The SMILES string of the molecule is CCCCN1CC2=C(C1=O)C(c1ccc(OC)cc1)NC(=O)N2. The molecule has 0 saturated carbocycles.